The van der Waals surface area contributed by atoms with Crippen molar-refractivity contribution in [3.8, 4) is 0 Å². The van der Waals surface area contributed by atoms with Crippen LogP contribution in [-0.2, 0) is 4.79 Å². The topological polar surface area (TPSA) is 108 Å². The Morgan fingerprint density at radius 1 is 1.03 bits per heavy atom. The fourth-order valence-corrected chi connectivity index (χ4v) is 4.80. The van der Waals surface area contributed by atoms with Crippen LogP contribution in [0.1, 0.15) is 29.0 Å². The van der Waals surface area contributed by atoms with Crippen molar-refractivity contribution >= 4 is 46.4 Å². The lowest BCUT2D eigenvalue weighted by Gasteiger charge is -2.22. The van der Waals surface area contributed by atoms with Crippen LogP contribution >= 0.6 is 11.8 Å². The molecule has 184 valence electrons. The summed E-state index contributed by atoms with van der Waals surface area (Å²) in [6, 6.07) is 22.7. The highest BCUT2D eigenvalue weighted by molar-refractivity contribution is 7.99. The number of aromatic amines is 1. The van der Waals surface area contributed by atoms with Gasteiger partial charge in [0.2, 0.25) is 5.91 Å². The number of nitrogens with zero attached hydrogens (tertiary/aromatic N) is 5. The van der Waals surface area contributed by atoms with Gasteiger partial charge in [-0.05, 0) is 68.3 Å². The van der Waals surface area contributed by atoms with E-state index in [2.05, 4.69) is 25.6 Å². The average molecular weight is 510 g/mol. The molecule has 2 amide bonds. The number of aromatic nitrogens is 5. The van der Waals surface area contributed by atoms with Gasteiger partial charge in [-0.2, -0.15) is 10.2 Å². The number of carbonyl (C=O) groups is 2. The van der Waals surface area contributed by atoms with Crippen LogP contribution < -0.4 is 10.2 Å². The molecule has 0 radical (unpaired) electrons. The number of rotatable bonds is 7. The van der Waals surface area contributed by atoms with Crippen molar-refractivity contribution < 1.29 is 9.59 Å². The van der Waals surface area contributed by atoms with Gasteiger partial charge in [-0.3, -0.25) is 19.6 Å². The minimum absolute atomic E-state index is 0.0114. The maximum absolute atomic E-state index is 13.5. The number of anilines is 3. The second-order valence-electron chi connectivity index (χ2n) is 8.88. The van der Waals surface area contributed by atoms with Crippen molar-refractivity contribution in [3.63, 3.8) is 0 Å². The number of para-hydroxylation sites is 1. The van der Waals surface area contributed by atoms with Gasteiger partial charge in [0.15, 0.2) is 17.2 Å². The number of hydrogen-bond donors (Lipinski definition) is 2. The van der Waals surface area contributed by atoms with Crippen molar-refractivity contribution in [3.05, 3.63) is 90.4 Å². The summed E-state index contributed by atoms with van der Waals surface area (Å²) >= 11 is 1.47. The van der Waals surface area contributed by atoms with E-state index in [0.29, 0.717) is 17.2 Å². The monoisotopic (exact) mass is 509 g/mol. The predicted molar refractivity (Wildman–Crippen MR) is 141 cm³/mol. The lowest BCUT2D eigenvalue weighted by atomic mass is 10.2. The van der Waals surface area contributed by atoms with Crippen LogP contribution in [0.5, 0.6) is 0 Å². The largest absolute Gasteiger partial charge is 0.309 e. The molecule has 2 N–H and O–H groups in total. The SMILES string of the molecule is Cc1cc(C(=O)N(c2ccccc2)c2cccc(Sc3ccc4nc(NC(=O)C5CC5)cn4n3)c2)n[nH]1. The predicted octanol–water partition coefficient (Wildman–Crippen LogP) is 5.24. The molecular formula is C27H23N7O2S. The molecule has 0 bridgehead atoms. The summed E-state index contributed by atoms with van der Waals surface area (Å²) in [6.07, 6.45) is 3.59. The molecule has 10 heteroatoms. The van der Waals surface area contributed by atoms with E-state index in [1.165, 1.54) is 11.8 Å². The molecule has 1 fully saturated rings. The van der Waals surface area contributed by atoms with Gasteiger partial charge in [-0.1, -0.05) is 36.0 Å². The summed E-state index contributed by atoms with van der Waals surface area (Å²) < 4.78 is 1.66. The number of H-pyrrole nitrogens is 1. The van der Waals surface area contributed by atoms with Gasteiger partial charge >= 0.3 is 0 Å². The van der Waals surface area contributed by atoms with Crippen LogP contribution in [-0.4, -0.2) is 36.6 Å². The molecule has 5 aromatic rings. The first-order chi connectivity index (χ1) is 18.0. The maximum atomic E-state index is 13.5. The zero-order valence-corrected chi connectivity index (χ0v) is 20.8. The molecule has 1 saturated carbocycles. The number of imidazole rings is 1. The number of fused-ring (bicyclic) bond motifs is 1. The summed E-state index contributed by atoms with van der Waals surface area (Å²) in [5, 5.41) is 15.3. The Morgan fingerprint density at radius 3 is 2.59 bits per heavy atom. The Balaban J connectivity index is 1.27. The van der Waals surface area contributed by atoms with Crippen LogP contribution in [0.25, 0.3) is 5.65 Å². The van der Waals surface area contributed by atoms with Gasteiger partial charge < -0.3 is 5.32 Å². The molecule has 3 heterocycles. The van der Waals surface area contributed by atoms with E-state index < -0.39 is 0 Å². The molecule has 0 saturated heterocycles. The molecule has 6 rings (SSSR count). The highest BCUT2D eigenvalue weighted by Gasteiger charge is 2.30. The third-order valence-corrected chi connectivity index (χ3v) is 6.85. The third-order valence-electron chi connectivity index (χ3n) is 5.94. The zero-order valence-electron chi connectivity index (χ0n) is 20.0. The standard InChI is InChI=1S/C27H23N7O2S/c1-17-14-22(31-30-17)27(36)34(19-6-3-2-4-7-19)20-8-5-9-21(15-20)37-25-13-12-24-28-23(16-33(24)32-25)29-26(35)18-10-11-18/h2-9,12-16,18H,10-11H2,1H3,(H,29,35)(H,30,31). The van der Waals surface area contributed by atoms with Gasteiger partial charge in [0.05, 0.1) is 11.9 Å². The van der Waals surface area contributed by atoms with Crippen molar-refractivity contribution in [2.24, 2.45) is 5.92 Å². The van der Waals surface area contributed by atoms with Crippen molar-refractivity contribution in [2.45, 2.75) is 29.7 Å². The van der Waals surface area contributed by atoms with Crippen molar-refractivity contribution in [1.29, 1.82) is 0 Å². The molecule has 2 aromatic carbocycles. The van der Waals surface area contributed by atoms with E-state index >= 15 is 0 Å². The molecule has 9 nitrogen and oxygen atoms in total. The zero-order chi connectivity index (χ0) is 25.4. The van der Waals surface area contributed by atoms with Crippen LogP contribution in [0.3, 0.4) is 0 Å². The van der Waals surface area contributed by atoms with Gasteiger partial charge in [-0.15, -0.1) is 0 Å². The second kappa shape index (κ2) is 9.55. The highest BCUT2D eigenvalue weighted by atomic mass is 32.2. The fraction of sp³-hybridized carbons (Fsp3) is 0.148. The third kappa shape index (κ3) is 4.96. The molecule has 0 aliphatic heterocycles. The molecule has 0 spiro atoms. The number of nitrogens with one attached hydrogen (secondary N) is 2. The molecule has 1 aliphatic carbocycles. The number of carbonyl (C=O) groups excluding carboxylic acids is 2. The average Bonchev–Trinajstić information content (AvgIpc) is 3.55. The summed E-state index contributed by atoms with van der Waals surface area (Å²) in [5.41, 5.74) is 3.28. The molecule has 0 unspecified atom stereocenters. The summed E-state index contributed by atoms with van der Waals surface area (Å²) in [4.78, 5) is 32.6. The first kappa shape index (κ1) is 23.0. The molecule has 3 aromatic heterocycles. The van der Waals surface area contributed by atoms with Gasteiger partial charge in [-0.25, -0.2) is 9.50 Å². The van der Waals surface area contributed by atoms with E-state index in [0.717, 1.165) is 39.8 Å². The smallest absolute Gasteiger partial charge is 0.283 e. The minimum atomic E-state index is -0.226. The molecular weight excluding hydrogens is 486 g/mol. The van der Waals surface area contributed by atoms with Gasteiger partial charge in [0.25, 0.3) is 5.91 Å². The van der Waals surface area contributed by atoms with E-state index in [9.17, 15) is 9.59 Å². The molecule has 0 atom stereocenters. The van der Waals surface area contributed by atoms with Crippen LogP contribution in [0, 0.1) is 12.8 Å². The summed E-state index contributed by atoms with van der Waals surface area (Å²) in [5.74, 6) is 0.392. The Bertz CT molecular complexity index is 1610. The Morgan fingerprint density at radius 2 is 1.84 bits per heavy atom. The van der Waals surface area contributed by atoms with E-state index in [4.69, 9.17) is 0 Å². The summed E-state index contributed by atoms with van der Waals surface area (Å²) in [7, 11) is 0. The van der Waals surface area contributed by atoms with Gasteiger partial charge in [0.1, 0.15) is 5.03 Å². The maximum Gasteiger partial charge on any atom is 0.283 e. The fourth-order valence-electron chi connectivity index (χ4n) is 3.96. The molecule has 37 heavy (non-hydrogen) atoms. The normalized spacial score (nSPS) is 13.0. The van der Waals surface area contributed by atoms with Crippen molar-refractivity contribution in [2.75, 3.05) is 10.2 Å². The number of amides is 2. The number of aryl methyl sites for hydroxylation is 1. The van der Waals surface area contributed by atoms with Crippen LogP contribution in [0.15, 0.2) is 88.9 Å². The van der Waals surface area contributed by atoms with E-state index in [-0.39, 0.29) is 17.7 Å². The number of hydrogen-bond acceptors (Lipinski definition) is 6. The van der Waals surface area contributed by atoms with E-state index in [1.807, 2.05) is 73.7 Å². The Hall–Kier alpha value is -4.44. The minimum Gasteiger partial charge on any atom is -0.309 e. The van der Waals surface area contributed by atoms with Gasteiger partial charge in [0, 0.05) is 22.2 Å². The first-order valence-electron chi connectivity index (χ1n) is 11.9. The second-order valence-corrected chi connectivity index (χ2v) is 9.97. The number of benzene rings is 2. The summed E-state index contributed by atoms with van der Waals surface area (Å²) in [6.45, 7) is 1.86. The lowest BCUT2D eigenvalue weighted by Crippen LogP contribution is -2.26. The van der Waals surface area contributed by atoms with E-state index in [1.54, 1.807) is 21.7 Å². The van der Waals surface area contributed by atoms with Crippen LogP contribution in [0.2, 0.25) is 0 Å². The quantitative estimate of drug-likeness (QED) is 0.311. The molecule has 1 aliphatic rings. The first-order valence-corrected chi connectivity index (χ1v) is 12.7. The Kier molecular flexibility index (Phi) is 5.93. The Labute approximate surface area is 216 Å². The lowest BCUT2D eigenvalue weighted by molar-refractivity contribution is -0.117. The highest BCUT2D eigenvalue weighted by Crippen LogP contribution is 2.33. The van der Waals surface area contributed by atoms with Crippen molar-refractivity contribution in [1.82, 2.24) is 24.8 Å². The van der Waals surface area contributed by atoms with Crippen LogP contribution in [0.4, 0.5) is 17.2 Å².